The van der Waals surface area contributed by atoms with Crippen molar-refractivity contribution in [2.75, 3.05) is 31.2 Å². The Bertz CT molecular complexity index is 961. The smallest absolute Gasteiger partial charge is 0.258 e. The van der Waals surface area contributed by atoms with Gasteiger partial charge in [0.1, 0.15) is 0 Å². The fourth-order valence-electron chi connectivity index (χ4n) is 3.31. The molecule has 3 rings (SSSR count). The van der Waals surface area contributed by atoms with Crippen LogP contribution in [0, 0.1) is 0 Å². The summed E-state index contributed by atoms with van der Waals surface area (Å²) in [6, 6.07) is 11.7. The fraction of sp³-hybridized carbons (Fsp3) is 0.381. The van der Waals surface area contributed by atoms with Crippen LogP contribution in [0.15, 0.2) is 47.4 Å². The molecule has 0 aromatic heterocycles. The molecular formula is C21H25ClN2O4S. The molecule has 156 valence electrons. The van der Waals surface area contributed by atoms with Crippen LogP contribution in [-0.4, -0.2) is 40.6 Å². The Morgan fingerprint density at radius 3 is 2.69 bits per heavy atom. The first-order valence-electron chi connectivity index (χ1n) is 9.70. The Morgan fingerprint density at radius 1 is 1.21 bits per heavy atom. The number of carbonyl (C=O) groups is 1. The van der Waals surface area contributed by atoms with Crippen molar-refractivity contribution in [1.29, 1.82) is 0 Å². The van der Waals surface area contributed by atoms with Gasteiger partial charge in [0.2, 0.25) is 10.0 Å². The zero-order valence-electron chi connectivity index (χ0n) is 16.4. The SMILES string of the molecule is CCOCCCNS(=O)(=O)c1ccc2c(c1)CCCN2C(=O)c1ccc(Cl)cc1. The average molecular weight is 437 g/mol. The maximum absolute atomic E-state index is 12.9. The van der Waals surface area contributed by atoms with E-state index in [1.54, 1.807) is 47.4 Å². The summed E-state index contributed by atoms with van der Waals surface area (Å²) in [6.07, 6.45) is 2.12. The molecule has 6 nitrogen and oxygen atoms in total. The summed E-state index contributed by atoms with van der Waals surface area (Å²) in [5.74, 6) is -0.118. The number of anilines is 1. The van der Waals surface area contributed by atoms with E-state index in [1.807, 2.05) is 6.92 Å². The van der Waals surface area contributed by atoms with Crippen molar-refractivity contribution in [3.8, 4) is 0 Å². The van der Waals surface area contributed by atoms with Crippen LogP contribution in [0.1, 0.15) is 35.7 Å². The minimum atomic E-state index is -3.60. The molecule has 29 heavy (non-hydrogen) atoms. The third-order valence-electron chi connectivity index (χ3n) is 4.78. The van der Waals surface area contributed by atoms with Gasteiger partial charge in [-0.15, -0.1) is 0 Å². The summed E-state index contributed by atoms with van der Waals surface area (Å²) in [5.41, 5.74) is 2.16. The van der Waals surface area contributed by atoms with Crippen molar-refractivity contribution in [1.82, 2.24) is 4.72 Å². The van der Waals surface area contributed by atoms with Crippen LogP contribution in [0.5, 0.6) is 0 Å². The average Bonchev–Trinajstić information content (AvgIpc) is 2.72. The lowest BCUT2D eigenvalue weighted by Crippen LogP contribution is -2.35. The molecular weight excluding hydrogens is 412 g/mol. The second-order valence-corrected chi connectivity index (χ2v) is 9.01. The number of hydrogen-bond donors (Lipinski definition) is 1. The van der Waals surface area contributed by atoms with Crippen LogP contribution in [0.4, 0.5) is 5.69 Å². The van der Waals surface area contributed by atoms with Gasteiger partial charge in [0.05, 0.1) is 4.90 Å². The lowest BCUT2D eigenvalue weighted by Gasteiger charge is -2.30. The molecule has 2 aromatic carbocycles. The van der Waals surface area contributed by atoms with Crippen LogP contribution < -0.4 is 9.62 Å². The molecule has 0 radical (unpaired) electrons. The van der Waals surface area contributed by atoms with Gasteiger partial charge < -0.3 is 9.64 Å². The van der Waals surface area contributed by atoms with Crippen LogP contribution in [-0.2, 0) is 21.2 Å². The van der Waals surface area contributed by atoms with Crippen molar-refractivity contribution < 1.29 is 17.9 Å². The lowest BCUT2D eigenvalue weighted by atomic mass is 10.0. The van der Waals surface area contributed by atoms with Crippen molar-refractivity contribution in [2.24, 2.45) is 0 Å². The van der Waals surface area contributed by atoms with Crippen LogP contribution >= 0.6 is 11.6 Å². The summed E-state index contributed by atoms with van der Waals surface area (Å²) >= 11 is 5.91. The number of fused-ring (bicyclic) bond motifs is 1. The van der Waals surface area contributed by atoms with Gasteiger partial charge in [-0.3, -0.25) is 4.79 Å². The van der Waals surface area contributed by atoms with Gasteiger partial charge in [0.15, 0.2) is 0 Å². The van der Waals surface area contributed by atoms with Gasteiger partial charge in [-0.2, -0.15) is 0 Å². The largest absolute Gasteiger partial charge is 0.382 e. The Balaban J connectivity index is 1.76. The molecule has 0 spiro atoms. The summed E-state index contributed by atoms with van der Waals surface area (Å²) in [5, 5.41) is 0.573. The highest BCUT2D eigenvalue weighted by molar-refractivity contribution is 7.89. The van der Waals surface area contributed by atoms with Gasteiger partial charge in [-0.1, -0.05) is 11.6 Å². The molecule has 1 aliphatic heterocycles. The number of sulfonamides is 1. The topological polar surface area (TPSA) is 75.7 Å². The number of ether oxygens (including phenoxy) is 1. The van der Waals surface area contributed by atoms with Gasteiger partial charge in [0, 0.05) is 42.6 Å². The van der Waals surface area contributed by atoms with E-state index in [1.165, 1.54) is 0 Å². The van der Waals surface area contributed by atoms with Gasteiger partial charge in [-0.25, -0.2) is 13.1 Å². The van der Waals surface area contributed by atoms with E-state index in [9.17, 15) is 13.2 Å². The molecule has 0 bridgehead atoms. The van der Waals surface area contributed by atoms with Crippen molar-refractivity contribution in [3.05, 3.63) is 58.6 Å². The zero-order valence-corrected chi connectivity index (χ0v) is 17.9. The summed E-state index contributed by atoms with van der Waals surface area (Å²) < 4.78 is 33.0. The first-order chi connectivity index (χ1) is 13.9. The van der Waals surface area contributed by atoms with Crippen LogP contribution in [0.25, 0.3) is 0 Å². The summed E-state index contributed by atoms with van der Waals surface area (Å²) in [7, 11) is -3.60. The van der Waals surface area contributed by atoms with Crippen LogP contribution in [0.3, 0.4) is 0 Å². The van der Waals surface area contributed by atoms with Crippen molar-refractivity contribution in [2.45, 2.75) is 31.1 Å². The Hall–Kier alpha value is -1.93. The number of rotatable bonds is 8. The second-order valence-electron chi connectivity index (χ2n) is 6.81. The molecule has 0 saturated heterocycles. The number of amides is 1. The third kappa shape index (κ3) is 5.36. The molecule has 0 fully saturated rings. The predicted molar refractivity (Wildman–Crippen MR) is 114 cm³/mol. The lowest BCUT2D eigenvalue weighted by molar-refractivity contribution is 0.0985. The first-order valence-corrected chi connectivity index (χ1v) is 11.6. The number of nitrogens with one attached hydrogen (secondary N) is 1. The molecule has 1 aliphatic rings. The summed E-state index contributed by atoms with van der Waals surface area (Å²) in [4.78, 5) is 14.8. The van der Waals surface area contributed by atoms with E-state index in [-0.39, 0.29) is 10.8 Å². The Morgan fingerprint density at radius 2 is 1.97 bits per heavy atom. The van der Waals surface area contributed by atoms with E-state index in [0.29, 0.717) is 43.3 Å². The minimum absolute atomic E-state index is 0.118. The Kier molecular flexibility index (Phi) is 7.29. The number of halogens is 1. The maximum atomic E-state index is 12.9. The minimum Gasteiger partial charge on any atom is -0.382 e. The van der Waals surface area contributed by atoms with Gasteiger partial charge in [-0.05, 0) is 74.2 Å². The molecule has 1 N–H and O–H groups in total. The first kappa shape index (κ1) is 21.8. The van der Waals surface area contributed by atoms with E-state index in [4.69, 9.17) is 16.3 Å². The number of nitrogens with zero attached hydrogens (tertiary/aromatic N) is 1. The molecule has 0 unspecified atom stereocenters. The van der Waals surface area contributed by atoms with E-state index in [2.05, 4.69) is 4.72 Å². The monoisotopic (exact) mass is 436 g/mol. The molecule has 8 heteroatoms. The predicted octanol–water partition coefficient (Wildman–Crippen LogP) is 3.64. The van der Waals surface area contributed by atoms with Crippen molar-refractivity contribution >= 4 is 33.2 Å². The van der Waals surface area contributed by atoms with Gasteiger partial charge >= 0.3 is 0 Å². The highest BCUT2D eigenvalue weighted by Gasteiger charge is 2.25. The third-order valence-corrected chi connectivity index (χ3v) is 6.49. The molecule has 1 amide bonds. The number of benzene rings is 2. The quantitative estimate of drug-likeness (QED) is 0.641. The van der Waals surface area contributed by atoms with E-state index >= 15 is 0 Å². The highest BCUT2D eigenvalue weighted by Crippen LogP contribution is 2.30. The number of carbonyl (C=O) groups excluding carboxylic acids is 1. The summed E-state index contributed by atoms with van der Waals surface area (Å²) in [6.45, 7) is 3.95. The van der Waals surface area contributed by atoms with E-state index < -0.39 is 10.0 Å². The van der Waals surface area contributed by atoms with Crippen molar-refractivity contribution in [3.63, 3.8) is 0 Å². The number of aryl methyl sites for hydroxylation is 1. The molecule has 0 aliphatic carbocycles. The normalized spacial score (nSPS) is 13.9. The zero-order chi connectivity index (χ0) is 20.9. The van der Waals surface area contributed by atoms with Crippen LogP contribution in [0.2, 0.25) is 5.02 Å². The Labute approximate surface area is 176 Å². The molecule has 1 heterocycles. The van der Waals surface area contributed by atoms with Gasteiger partial charge in [0.25, 0.3) is 5.91 Å². The standard InChI is InChI=1S/C21H25ClN2O4S/c1-2-28-14-4-12-23-29(26,27)19-10-11-20-17(15-19)5-3-13-24(20)21(25)16-6-8-18(22)9-7-16/h6-11,15,23H,2-5,12-14H2,1H3. The molecule has 2 aromatic rings. The number of hydrogen-bond acceptors (Lipinski definition) is 4. The molecule has 0 saturated carbocycles. The second kappa shape index (κ2) is 9.71. The van der Waals surface area contributed by atoms with E-state index in [0.717, 1.165) is 24.1 Å². The maximum Gasteiger partial charge on any atom is 0.258 e. The fourth-order valence-corrected chi connectivity index (χ4v) is 4.56. The molecule has 0 atom stereocenters. The highest BCUT2D eigenvalue weighted by atomic mass is 35.5.